The van der Waals surface area contributed by atoms with Crippen LogP contribution in [0.15, 0.2) is 6.07 Å². The van der Waals surface area contributed by atoms with Gasteiger partial charge in [0.05, 0.1) is 7.11 Å². The van der Waals surface area contributed by atoms with E-state index in [0.29, 0.717) is 11.9 Å². The van der Waals surface area contributed by atoms with Crippen molar-refractivity contribution in [2.75, 3.05) is 31.6 Å². The molecule has 1 aromatic rings. The van der Waals surface area contributed by atoms with Gasteiger partial charge in [0.25, 0.3) is 0 Å². The van der Waals surface area contributed by atoms with Crippen molar-refractivity contribution in [3.63, 3.8) is 0 Å². The fourth-order valence-corrected chi connectivity index (χ4v) is 2.60. The summed E-state index contributed by atoms with van der Waals surface area (Å²) in [5.74, 6) is 2.41. The Labute approximate surface area is 115 Å². The molecule has 1 fully saturated rings. The predicted molar refractivity (Wildman–Crippen MR) is 76.8 cm³/mol. The lowest BCUT2D eigenvalue weighted by molar-refractivity contribution is 0.393. The molecule has 0 aliphatic carbocycles. The lowest BCUT2D eigenvalue weighted by atomic mass is 10.0. The summed E-state index contributed by atoms with van der Waals surface area (Å²) in [6.45, 7) is 7.15. The lowest BCUT2D eigenvalue weighted by Crippen LogP contribution is -2.46. The van der Waals surface area contributed by atoms with Crippen LogP contribution in [-0.4, -0.2) is 42.8 Å². The van der Waals surface area contributed by atoms with Gasteiger partial charge in [-0.1, -0.05) is 6.92 Å². The van der Waals surface area contributed by atoms with Crippen LogP contribution in [0, 0.1) is 6.92 Å². The van der Waals surface area contributed by atoms with Crippen LogP contribution in [0.25, 0.3) is 0 Å². The fourth-order valence-electron chi connectivity index (χ4n) is 2.60. The smallest absolute Gasteiger partial charge is 0.218 e. The number of methoxy groups -OCH3 is 1. The summed E-state index contributed by atoms with van der Waals surface area (Å²) < 4.78 is 5.25. The minimum Gasteiger partial charge on any atom is -0.481 e. The molecule has 1 aliphatic heterocycles. The van der Waals surface area contributed by atoms with E-state index in [4.69, 9.17) is 4.74 Å². The molecule has 5 heteroatoms. The Kier molecular flexibility index (Phi) is 4.96. The maximum atomic E-state index is 5.25. The second-order valence-electron chi connectivity index (χ2n) is 4.97. The second kappa shape index (κ2) is 6.70. The number of aryl methyl sites for hydroxylation is 1. The molecule has 0 bridgehead atoms. The number of likely N-dealkylation sites (N-methyl/N-ethyl adjacent to an activating group) is 1. The van der Waals surface area contributed by atoms with Crippen LogP contribution in [0.5, 0.6) is 5.88 Å². The molecule has 1 aliphatic rings. The third-order valence-electron chi connectivity index (χ3n) is 3.56. The average molecular weight is 264 g/mol. The van der Waals surface area contributed by atoms with Gasteiger partial charge in [-0.3, -0.25) is 0 Å². The van der Waals surface area contributed by atoms with Crippen LogP contribution in [0.2, 0.25) is 0 Å². The van der Waals surface area contributed by atoms with E-state index in [9.17, 15) is 0 Å². The van der Waals surface area contributed by atoms with Gasteiger partial charge in [0.15, 0.2) is 0 Å². The van der Waals surface area contributed by atoms with Crippen molar-refractivity contribution in [1.29, 1.82) is 0 Å². The molecule has 1 saturated heterocycles. The van der Waals surface area contributed by atoms with Crippen molar-refractivity contribution in [3.8, 4) is 5.88 Å². The normalized spacial score (nSPS) is 19.5. The van der Waals surface area contributed by atoms with E-state index in [1.807, 2.05) is 13.0 Å². The fraction of sp³-hybridized carbons (Fsp3) is 0.714. The molecule has 1 N–H and O–H groups in total. The molecule has 0 saturated carbocycles. The number of hydrogen-bond acceptors (Lipinski definition) is 5. The molecule has 0 spiro atoms. The summed E-state index contributed by atoms with van der Waals surface area (Å²) in [4.78, 5) is 11.2. The van der Waals surface area contributed by atoms with Crippen molar-refractivity contribution >= 4 is 5.82 Å². The Morgan fingerprint density at radius 1 is 1.42 bits per heavy atom. The highest BCUT2D eigenvalue weighted by molar-refractivity contribution is 5.43. The van der Waals surface area contributed by atoms with E-state index in [-0.39, 0.29) is 0 Å². The van der Waals surface area contributed by atoms with E-state index >= 15 is 0 Å². The number of nitrogens with zero attached hydrogens (tertiary/aromatic N) is 3. The molecule has 106 valence electrons. The maximum Gasteiger partial charge on any atom is 0.218 e. The molecule has 2 heterocycles. The average Bonchev–Trinajstić information content (AvgIpc) is 2.44. The monoisotopic (exact) mass is 264 g/mol. The number of hydrogen-bond donors (Lipinski definition) is 1. The number of nitrogens with one attached hydrogen (secondary N) is 1. The topological polar surface area (TPSA) is 50.3 Å². The number of rotatable bonds is 5. The van der Waals surface area contributed by atoms with E-state index in [0.717, 1.165) is 31.3 Å². The molecule has 5 nitrogen and oxygen atoms in total. The summed E-state index contributed by atoms with van der Waals surface area (Å²) in [5.41, 5.74) is 0. The van der Waals surface area contributed by atoms with E-state index in [1.54, 1.807) is 7.11 Å². The van der Waals surface area contributed by atoms with Crippen LogP contribution in [-0.2, 0) is 0 Å². The van der Waals surface area contributed by atoms with Gasteiger partial charge in [-0.2, -0.15) is 4.98 Å². The van der Waals surface area contributed by atoms with Crippen LogP contribution < -0.4 is 15.0 Å². The van der Waals surface area contributed by atoms with Gasteiger partial charge in [-0.05, 0) is 32.7 Å². The van der Waals surface area contributed by atoms with Gasteiger partial charge in [-0.15, -0.1) is 0 Å². The van der Waals surface area contributed by atoms with Crippen molar-refractivity contribution in [3.05, 3.63) is 11.9 Å². The van der Waals surface area contributed by atoms with E-state index < -0.39 is 0 Å². The molecule has 0 radical (unpaired) electrons. The molecule has 1 aromatic heterocycles. The Balaban J connectivity index is 2.18. The molecule has 0 amide bonds. The number of ether oxygens (including phenoxy) is 1. The predicted octanol–water partition coefficient (Wildman–Crippen LogP) is 1.76. The van der Waals surface area contributed by atoms with Gasteiger partial charge in [0.2, 0.25) is 5.88 Å². The van der Waals surface area contributed by atoms with Gasteiger partial charge >= 0.3 is 0 Å². The minimum absolute atomic E-state index is 0.521. The molecule has 2 rings (SSSR count). The van der Waals surface area contributed by atoms with Crippen LogP contribution in [0.4, 0.5) is 5.82 Å². The molecule has 1 atom stereocenters. The Morgan fingerprint density at radius 2 is 2.26 bits per heavy atom. The zero-order valence-electron chi connectivity index (χ0n) is 12.1. The molecular formula is C14H24N4O. The van der Waals surface area contributed by atoms with Gasteiger partial charge in [0.1, 0.15) is 11.6 Å². The van der Waals surface area contributed by atoms with Gasteiger partial charge in [0, 0.05) is 25.2 Å². The second-order valence-corrected chi connectivity index (χ2v) is 4.97. The summed E-state index contributed by atoms with van der Waals surface area (Å²) in [6, 6.07) is 2.46. The van der Waals surface area contributed by atoms with Crippen molar-refractivity contribution in [2.45, 2.75) is 39.2 Å². The standard InChI is InChI=1S/C14H24N4O/c1-4-15-10-12-7-5-6-8-18(12)13-9-14(19-3)17-11(2)16-13/h9,12,15H,4-8,10H2,1-3H3. The Hall–Kier alpha value is -1.36. The third kappa shape index (κ3) is 3.56. The largest absolute Gasteiger partial charge is 0.481 e. The first-order chi connectivity index (χ1) is 9.24. The highest BCUT2D eigenvalue weighted by Crippen LogP contribution is 2.25. The van der Waals surface area contributed by atoms with Crippen molar-refractivity contribution < 1.29 is 4.74 Å². The van der Waals surface area contributed by atoms with Crippen molar-refractivity contribution in [2.24, 2.45) is 0 Å². The summed E-state index contributed by atoms with van der Waals surface area (Å²) in [6.07, 6.45) is 3.75. The molecule has 19 heavy (non-hydrogen) atoms. The molecule has 1 unspecified atom stereocenters. The van der Waals surface area contributed by atoms with Gasteiger partial charge < -0.3 is 15.0 Å². The Bertz CT molecular complexity index is 410. The van der Waals surface area contributed by atoms with E-state index in [1.165, 1.54) is 19.3 Å². The van der Waals surface area contributed by atoms with Crippen LogP contribution in [0.1, 0.15) is 32.0 Å². The first-order valence-electron chi connectivity index (χ1n) is 7.11. The molecule has 0 aromatic carbocycles. The summed E-state index contributed by atoms with van der Waals surface area (Å²) >= 11 is 0. The summed E-state index contributed by atoms with van der Waals surface area (Å²) in [5, 5.41) is 3.44. The molecular weight excluding hydrogens is 240 g/mol. The highest BCUT2D eigenvalue weighted by atomic mass is 16.5. The number of anilines is 1. The lowest BCUT2D eigenvalue weighted by Gasteiger charge is -2.37. The van der Waals surface area contributed by atoms with Crippen LogP contribution >= 0.6 is 0 Å². The van der Waals surface area contributed by atoms with Crippen LogP contribution in [0.3, 0.4) is 0 Å². The van der Waals surface area contributed by atoms with Crippen molar-refractivity contribution in [1.82, 2.24) is 15.3 Å². The minimum atomic E-state index is 0.521. The Morgan fingerprint density at radius 3 is 3.00 bits per heavy atom. The zero-order chi connectivity index (χ0) is 13.7. The van der Waals surface area contributed by atoms with E-state index in [2.05, 4.69) is 27.1 Å². The summed E-state index contributed by atoms with van der Waals surface area (Å²) in [7, 11) is 1.65. The van der Waals surface area contributed by atoms with Gasteiger partial charge in [-0.25, -0.2) is 4.98 Å². The third-order valence-corrected chi connectivity index (χ3v) is 3.56. The quantitative estimate of drug-likeness (QED) is 0.878. The number of piperidine rings is 1. The first kappa shape index (κ1) is 14.1. The SMILES string of the molecule is CCNCC1CCCCN1c1cc(OC)nc(C)n1. The number of aromatic nitrogens is 2. The first-order valence-corrected chi connectivity index (χ1v) is 7.11. The zero-order valence-corrected chi connectivity index (χ0v) is 12.1. The highest BCUT2D eigenvalue weighted by Gasteiger charge is 2.23. The maximum absolute atomic E-state index is 5.25.